The molecule has 4 nitrogen and oxygen atoms in total. The number of allylic oxidation sites excluding steroid dienone is 2. The summed E-state index contributed by atoms with van der Waals surface area (Å²) in [6.07, 6.45) is 2.91. The van der Waals surface area contributed by atoms with Gasteiger partial charge in [-0.25, -0.2) is 0 Å². The highest BCUT2D eigenvalue weighted by atomic mass is 19.4. The molecule has 1 N–H and O–H groups in total. The molecule has 1 saturated heterocycles. The van der Waals surface area contributed by atoms with Crippen molar-refractivity contribution in [3.8, 4) is 0 Å². The number of carbonyl (C=O) groups is 2. The number of halogens is 3. The zero-order chi connectivity index (χ0) is 19.4. The van der Waals surface area contributed by atoms with E-state index in [1.807, 2.05) is 12.2 Å². The zero-order valence-electron chi connectivity index (χ0n) is 15.0. The van der Waals surface area contributed by atoms with Gasteiger partial charge in [-0.1, -0.05) is 24.3 Å². The SMILES string of the molecule is O=C(C[C@@H]1C=CCC1)N[C@@H](CN1CCCC1=O)c1cccc(C(F)(F)F)c1. The van der Waals surface area contributed by atoms with E-state index in [2.05, 4.69) is 5.32 Å². The molecule has 0 radical (unpaired) electrons. The molecule has 27 heavy (non-hydrogen) atoms. The molecule has 0 aromatic heterocycles. The van der Waals surface area contributed by atoms with Crippen molar-refractivity contribution in [2.45, 2.75) is 44.3 Å². The fourth-order valence-electron chi connectivity index (χ4n) is 3.64. The van der Waals surface area contributed by atoms with Gasteiger partial charge in [-0.2, -0.15) is 13.2 Å². The molecule has 1 aliphatic heterocycles. The number of hydrogen-bond acceptors (Lipinski definition) is 2. The smallest absolute Gasteiger partial charge is 0.347 e. The third-order valence-corrected chi connectivity index (χ3v) is 5.09. The zero-order valence-corrected chi connectivity index (χ0v) is 15.0. The van der Waals surface area contributed by atoms with Crippen LogP contribution in [0.4, 0.5) is 13.2 Å². The lowest BCUT2D eigenvalue weighted by Crippen LogP contribution is -2.39. The van der Waals surface area contributed by atoms with Crippen LogP contribution in [0.15, 0.2) is 36.4 Å². The van der Waals surface area contributed by atoms with E-state index in [9.17, 15) is 22.8 Å². The van der Waals surface area contributed by atoms with Crippen LogP contribution in [0.25, 0.3) is 0 Å². The molecular formula is C20H23F3N2O2. The van der Waals surface area contributed by atoms with Gasteiger partial charge in [-0.3, -0.25) is 9.59 Å². The van der Waals surface area contributed by atoms with E-state index < -0.39 is 17.8 Å². The summed E-state index contributed by atoms with van der Waals surface area (Å²) in [5.41, 5.74) is -0.398. The van der Waals surface area contributed by atoms with Gasteiger partial charge in [-0.05, 0) is 42.9 Å². The second kappa shape index (κ2) is 8.15. The number of nitrogens with zero attached hydrogens (tertiary/aromatic N) is 1. The molecule has 0 spiro atoms. The van der Waals surface area contributed by atoms with E-state index in [0.717, 1.165) is 31.4 Å². The molecule has 1 aliphatic carbocycles. The van der Waals surface area contributed by atoms with Crippen LogP contribution in [-0.4, -0.2) is 29.8 Å². The van der Waals surface area contributed by atoms with Crippen LogP contribution in [0.3, 0.4) is 0 Å². The Balaban J connectivity index is 1.77. The maximum absolute atomic E-state index is 13.1. The lowest BCUT2D eigenvalue weighted by Gasteiger charge is -2.26. The number of carbonyl (C=O) groups excluding carboxylic acids is 2. The van der Waals surface area contributed by atoms with Gasteiger partial charge in [0.05, 0.1) is 11.6 Å². The normalized spacial score (nSPS) is 20.9. The molecule has 3 rings (SSSR count). The van der Waals surface area contributed by atoms with E-state index in [1.165, 1.54) is 6.07 Å². The van der Waals surface area contributed by atoms with Gasteiger partial charge in [-0.15, -0.1) is 0 Å². The number of rotatable bonds is 6. The Bertz CT molecular complexity index is 730. The fraction of sp³-hybridized carbons (Fsp3) is 0.500. The van der Waals surface area contributed by atoms with Crippen molar-refractivity contribution in [2.75, 3.05) is 13.1 Å². The van der Waals surface area contributed by atoms with E-state index in [1.54, 1.807) is 11.0 Å². The maximum Gasteiger partial charge on any atom is 0.416 e. The first-order chi connectivity index (χ1) is 12.8. The molecule has 2 amide bonds. The highest BCUT2D eigenvalue weighted by Crippen LogP contribution is 2.31. The average molecular weight is 380 g/mol. The number of hydrogen-bond donors (Lipinski definition) is 1. The number of amides is 2. The van der Waals surface area contributed by atoms with Gasteiger partial charge >= 0.3 is 6.18 Å². The second-order valence-electron chi connectivity index (χ2n) is 7.16. The van der Waals surface area contributed by atoms with Crippen LogP contribution in [0.5, 0.6) is 0 Å². The number of benzene rings is 1. The standard InChI is InChI=1S/C20H23F3N2O2/c21-20(22,23)16-8-3-7-15(12-16)17(13-25-10-4-9-19(25)27)24-18(26)11-14-5-1-2-6-14/h1,3,5,7-8,12,14,17H,2,4,6,9-11,13H2,(H,24,26)/t14-,17+/m1/s1. The van der Waals surface area contributed by atoms with Crippen LogP contribution < -0.4 is 5.32 Å². The summed E-state index contributed by atoms with van der Waals surface area (Å²) in [5, 5.41) is 2.85. The van der Waals surface area contributed by atoms with Gasteiger partial charge in [0.2, 0.25) is 11.8 Å². The van der Waals surface area contributed by atoms with Crippen molar-refractivity contribution in [3.63, 3.8) is 0 Å². The minimum atomic E-state index is -4.46. The monoisotopic (exact) mass is 380 g/mol. The highest BCUT2D eigenvalue weighted by Gasteiger charge is 2.32. The van der Waals surface area contributed by atoms with Gasteiger partial charge in [0, 0.05) is 25.9 Å². The van der Waals surface area contributed by atoms with Crippen molar-refractivity contribution in [1.82, 2.24) is 10.2 Å². The molecule has 0 bridgehead atoms. The molecule has 7 heteroatoms. The summed E-state index contributed by atoms with van der Waals surface area (Å²) in [5.74, 6) is -0.0684. The van der Waals surface area contributed by atoms with Crippen molar-refractivity contribution >= 4 is 11.8 Å². The summed E-state index contributed by atoms with van der Waals surface area (Å²) in [6, 6.07) is 4.31. The number of nitrogens with one attached hydrogen (secondary N) is 1. The first-order valence-electron chi connectivity index (χ1n) is 9.24. The second-order valence-corrected chi connectivity index (χ2v) is 7.16. The van der Waals surface area contributed by atoms with Crippen molar-refractivity contribution in [2.24, 2.45) is 5.92 Å². The predicted molar refractivity (Wildman–Crippen MR) is 94.6 cm³/mol. The molecule has 2 aliphatic rings. The van der Waals surface area contributed by atoms with Crippen LogP contribution in [0.2, 0.25) is 0 Å². The van der Waals surface area contributed by atoms with E-state index in [-0.39, 0.29) is 24.3 Å². The molecule has 1 fully saturated rings. The van der Waals surface area contributed by atoms with Crippen molar-refractivity contribution < 1.29 is 22.8 Å². The Hall–Kier alpha value is -2.31. The Kier molecular flexibility index (Phi) is 5.87. The molecule has 146 valence electrons. The van der Waals surface area contributed by atoms with Crippen LogP contribution >= 0.6 is 0 Å². The highest BCUT2D eigenvalue weighted by molar-refractivity contribution is 5.79. The summed E-state index contributed by atoms with van der Waals surface area (Å²) in [4.78, 5) is 26.0. The van der Waals surface area contributed by atoms with E-state index in [0.29, 0.717) is 24.9 Å². The summed E-state index contributed by atoms with van der Waals surface area (Å²) < 4.78 is 39.2. The van der Waals surface area contributed by atoms with Gasteiger partial charge in [0.1, 0.15) is 0 Å². The topological polar surface area (TPSA) is 49.4 Å². The summed E-state index contributed by atoms with van der Waals surface area (Å²) in [6.45, 7) is 0.752. The predicted octanol–water partition coefficient (Wildman–Crippen LogP) is 3.84. The Labute approximate surface area is 156 Å². The molecule has 0 unspecified atom stereocenters. The van der Waals surface area contributed by atoms with Crippen molar-refractivity contribution in [3.05, 3.63) is 47.5 Å². The molecule has 1 heterocycles. The Morgan fingerprint density at radius 3 is 2.78 bits per heavy atom. The third-order valence-electron chi connectivity index (χ3n) is 5.09. The number of likely N-dealkylation sites (tertiary alicyclic amines) is 1. The average Bonchev–Trinajstić information content (AvgIpc) is 3.26. The van der Waals surface area contributed by atoms with Gasteiger partial charge in [0.15, 0.2) is 0 Å². The quantitative estimate of drug-likeness (QED) is 0.763. The van der Waals surface area contributed by atoms with Crippen LogP contribution in [0, 0.1) is 5.92 Å². The maximum atomic E-state index is 13.1. The van der Waals surface area contributed by atoms with Gasteiger partial charge < -0.3 is 10.2 Å². The summed E-state index contributed by atoms with van der Waals surface area (Å²) in [7, 11) is 0. The first-order valence-corrected chi connectivity index (χ1v) is 9.24. The lowest BCUT2D eigenvalue weighted by molar-refractivity contribution is -0.137. The largest absolute Gasteiger partial charge is 0.416 e. The van der Waals surface area contributed by atoms with Crippen molar-refractivity contribution in [1.29, 1.82) is 0 Å². The van der Waals surface area contributed by atoms with E-state index in [4.69, 9.17) is 0 Å². The summed E-state index contributed by atoms with van der Waals surface area (Å²) >= 11 is 0. The minimum Gasteiger partial charge on any atom is -0.347 e. The lowest BCUT2D eigenvalue weighted by atomic mass is 10.0. The minimum absolute atomic E-state index is 0.0278. The number of alkyl halides is 3. The van der Waals surface area contributed by atoms with Crippen LogP contribution in [-0.2, 0) is 15.8 Å². The molecule has 2 atom stereocenters. The fourth-order valence-corrected chi connectivity index (χ4v) is 3.64. The Morgan fingerprint density at radius 2 is 2.15 bits per heavy atom. The third kappa shape index (κ3) is 5.11. The Morgan fingerprint density at radius 1 is 1.33 bits per heavy atom. The molecular weight excluding hydrogens is 357 g/mol. The van der Waals surface area contributed by atoms with Crippen LogP contribution in [0.1, 0.15) is 49.3 Å². The van der Waals surface area contributed by atoms with E-state index >= 15 is 0 Å². The van der Waals surface area contributed by atoms with Gasteiger partial charge in [0.25, 0.3) is 0 Å². The molecule has 1 aromatic rings. The molecule has 0 saturated carbocycles. The first kappa shape index (κ1) is 19.5. The molecule has 1 aromatic carbocycles.